The predicted molar refractivity (Wildman–Crippen MR) is 91.9 cm³/mol. The van der Waals surface area contributed by atoms with Gasteiger partial charge in [-0.05, 0) is 64.6 Å². The standard InChI is InChI=1S/C16H32O4SSi/c1-15(20-22(4,5)6)11-10-13-8-7-9-14(16(13,2)12-15)19-21(3,17)18/h13-14H,7-12H2,1-6H3/t13-,14-,15-,16-/m1/s1. The highest BCUT2D eigenvalue weighted by molar-refractivity contribution is 7.86. The first-order valence-corrected chi connectivity index (χ1v) is 13.6. The molecule has 22 heavy (non-hydrogen) atoms. The average Bonchev–Trinajstić information content (AvgIpc) is 2.25. The molecule has 4 atom stereocenters. The molecule has 0 aromatic rings. The number of hydrogen-bond donors (Lipinski definition) is 0. The number of fused-ring (bicyclic) bond motifs is 1. The Balaban J connectivity index is 2.24. The van der Waals surface area contributed by atoms with Gasteiger partial charge in [0.15, 0.2) is 8.32 Å². The molecule has 2 fully saturated rings. The Hall–Kier alpha value is 0.0869. The van der Waals surface area contributed by atoms with Gasteiger partial charge < -0.3 is 4.43 Å². The second-order valence-corrected chi connectivity index (χ2v) is 14.8. The van der Waals surface area contributed by atoms with Crippen molar-refractivity contribution in [3.05, 3.63) is 0 Å². The monoisotopic (exact) mass is 348 g/mol. The zero-order valence-corrected chi connectivity index (χ0v) is 16.8. The molecule has 2 rings (SSSR count). The summed E-state index contributed by atoms with van der Waals surface area (Å²) in [5.41, 5.74) is -0.250. The first kappa shape index (κ1) is 18.4. The van der Waals surface area contributed by atoms with E-state index in [1.54, 1.807) is 0 Å². The zero-order valence-electron chi connectivity index (χ0n) is 14.9. The molecule has 2 saturated carbocycles. The quantitative estimate of drug-likeness (QED) is 0.570. The lowest BCUT2D eigenvalue weighted by Gasteiger charge is -2.55. The fourth-order valence-corrected chi connectivity index (χ4v) is 7.16. The molecule has 2 aliphatic carbocycles. The van der Waals surface area contributed by atoms with Crippen LogP contribution >= 0.6 is 0 Å². The smallest absolute Gasteiger partial charge is 0.264 e. The fourth-order valence-electron chi connectivity index (χ4n) is 4.77. The lowest BCUT2D eigenvalue weighted by Crippen LogP contribution is -2.55. The molecule has 4 nitrogen and oxygen atoms in total. The molecule has 0 radical (unpaired) electrons. The van der Waals surface area contributed by atoms with Crippen molar-refractivity contribution in [3.63, 3.8) is 0 Å². The minimum atomic E-state index is -3.42. The molecule has 0 aliphatic heterocycles. The van der Waals surface area contributed by atoms with Crippen LogP contribution in [0.25, 0.3) is 0 Å². The van der Waals surface area contributed by atoms with Gasteiger partial charge >= 0.3 is 0 Å². The summed E-state index contributed by atoms with van der Waals surface area (Å²) in [5.74, 6) is 0.548. The highest BCUT2D eigenvalue weighted by atomic mass is 32.2. The van der Waals surface area contributed by atoms with Gasteiger partial charge in [-0.3, -0.25) is 4.18 Å². The van der Waals surface area contributed by atoms with Crippen LogP contribution in [-0.2, 0) is 18.7 Å². The van der Waals surface area contributed by atoms with Crippen molar-refractivity contribution in [2.45, 2.75) is 83.7 Å². The third kappa shape index (κ3) is 4.33. The van der Waals surface area contributed by atoms with Gasteiger partial charge in [0.2, 0.25) is 0 Å². The molecule has 0 heterocycles. The summed E-state index contributed by atoms with van der Waals surface area (Å²) in [6, 6.07) is 0. The molecule has 6 heteroatoms. The summed E-state index contributed by atoms with van der Waals surface area (Å²) in [7, 11) is -5.05. The van der Waals surface area contributed by atoms with Crippen LogP contribution in [0.4, 0.5) is 0 Å². The summed E-state index contributed by atoms with van der Waals surface area (Å²) >= 11 is 0. The van der Waals surface area contributed by atoms with E-state index in [2.05, 4.69) is 33.5 Å². The van der Waals surface area contributed by atoms with Crippen molar-refractivity contribution in [1.29, 1.82) is 0 Å². The fraction of sp³-hybridized carbons (Fsp3) is 1.00. The second kappa shape index (κ2) is 5.87. The molecular formula is C16H32O4SSi. The lowest BCUT2D eigenvalue weighted by atomic mass is 9.56. The van der Waals surface area contributed by atoms with Gasteiger partial charge in [-0.2, -0.15) is 8.42 Å². The largest absolute Gasteiger partial charge is 0.412 e. The molecule has 2 aliphatic rings. The highest BCUT2D eigenvalue weighted by Crippen LogP contribution is 2.55. The van der Waals surface area contributed by atoms with Gasteiger partial charge in [-0.1, -0.05) is 13.3 Å². The molecule has 0 unspecified atom stereocenters. The van der Waals surface area contributed by atoms with Gasteiger partial charge in [0.25, 0.3) is 10.1 Å². The second-order valence-electron chi connectivity index (χ2n) is 8.80. The maximum atomic E-state index is 11.7. The summed E-state index contributed by atoms with van der Waals surface area (Å²) in [6.45, 7) is 11.1. The van der Waals surface area contributed by atoms with Gasteiger partial charge in [-0.15, -0.1) is 0 Å². The Kier molecular flexibility index (Phi) is 4.91. The maximum absolute atomic E-state index is 11.7. The SMILES string of the molecule is C[C@@]1(O[Si](C)(C)C)CC[C@H]2CCC[C@@H](OS(C)(=O)=O)[C@]2(C)C1. The van der Waals surface area contributed by atoms with Crippen LogP contribution < -0.4 is 0 Å². The highest BCUT2D eigenvalue weighted by Gasteiger charge is 2.53. The number of hydrogen-bond acceptors (Lipinski definition) is 4. The van der Waals surface area contributed by atoms with Crippen LogP contribution in [0.2, 0.25) is 19.6 Å². The van der Waals surface area contributed by atoms with Crippen molar-refractivity contribution < 1.29 is 17.0 Å². The molecule has 0 spiro atoms. The summed E-state index contributed by atoms with van der Waals surface area (Å²) < 4.78 is 35.3. The topological polar surface area (TPSA) is 52.6 Å². The summed E-state index contributed by atoms with van der Waals surface area (Å²) in [5, 5.41) is 0. The van der Waals surface area contributed by atoms with E-state index in [4.69, 9.17) is 8.61 Å². The first-order valence-electron chi connectivity index (χ1n) is 8.41. The van der Waals surface area contributed by atoms with E-state index in [0.717, 1.165) is 32.1 Å². The Labute approximate surface area is 137 Å². The van der Waals surface area contributed by atoms with Crippen LogP contribution in [0.15, 0.2) is 0 Å². The van der Waals surface area contributed by atoms with E-state index < -0.39 is 18.4 Å². The molecule has 0 N–H and O–H groups in total. The van der Waals surface area contributed by atoms with Crippen molar-refractivity contribution in [1.82, 2.24) is 0 Å². The molecular weight excluding hydrogens is 316 g/mol. The van der Waals surface area contributed by atoms with Crippen LogP contribution in [0.3, 0.4) is 0 Å². The molecule has 0 saturated heterocycles. The van der Waals surface area contributed by atoms with E-state index in [0.29, 0.717) is 5.92 Å². The van der Waals surface area contributed by atoms with Crippen LogP contribution in [0.1, 0.15) is 52.4 Å². The maximum Gasteiger partial charge on any atom is 0.264 e. The van der Waals surface area contributed by atoms with Gasteiger partial charge in [0, 0.05) is 5.41 Å². The summed E-state index contributed by atoms with van der Waals surface area (Å²) in [4.78, 5) is 0. The van der Waals surface area contributed by atoms with E-state index in [1.165, 1.54) is 12.7 Å². The van der Waals surface area contributed by atoms with Gasteiger partial charge in [0.05, 0.1) is 18.0 Å². The lowest BCUT2D eigenvalue weighted by molar-refractivity contribution is -0.114. The van der Waals surface area contributed by atoms with Crippen molar-refractivity contribution in [2.24, 2.45) is 11.3 Å². The number of rotatable bonds is 4. The summed E-state index contributed by atoms with van der Waals surface area (Å²) in [6.07, 6.45) is 7.13. The molecule has 130 valence electrons. The van der Waals surface area contributed by atoms with Crippen LogP contribution in [0.5, 0.6) is 0 Å². The van der Waals surface area contributed by atoms with Crippen molar-refractivity contribution >= 4 is 18.4 Å². The van der Waals surface area contributed by atoms with Gasteiger partial charge in [-0.25, -0.2) is 0 Å². The third-order valence-corrected chi connectivity index (χ3v) is 6.99. The van der Waals surface area contributed by atoms with E-state index >= 15 is 0 Å². The Morgan fingerprint density at radius 1 is 1.09 bits per heavy atom. The molecule has 0 amide bonds. The minimum absolute atomic E-state index is 0.103. The Morgan fingerprint density at radius 3 is 2.27 bits per heavy atom. The van der Waals surface area contributed by atoms with Crippen molar-refractivity contribution in [3.8, 4) is 0 Å². The average molecular weight is 349 g/mol. The molecule has 0 aromatic carbocycles. The van der Waals surface area contributed by atoms with E-state index in [9.17, 15) is 8.42 Å². The van der Waals surface area contributed by atoms with E-state index in [-0.39, 0.29) is 17.1 Å². The molecule has 0 bridgehead atoms. The third-order valence-electron chi connectivity index (χ3n) is 5.31. The van der Waals surface area contributed by atoms with Crippen LogP contribution in [0, 0.1) is 11.3 Å². The Morgan fingerprint density at radius 2 is 1.73 bits per heavy atom. The van der Waals surface area contributed by atoms with Crippen LogP contribution in [-0.4, -0.2) is 34.7 Å². The van der Waals surface area contributed by atoms with Gasteiger partial charge in [0.1, 0.15) is 0 Å². The Bertz CT molecular complexity index is 513. The van der Waals surface area contributed by atoms with Crippen molar-refractivity contribution in [2.75, 3.05) is 6.26 Å². The zero-order chi connectivity index (χ0) is 16.8. The molecule has 0 aromatic heterocycles. The first-order chi connectivity index (χ1) is 9.83. The minimum Gasteiger partial charge on any atom is -0.412 e. The normalized spacial score (nSPS) is 40.3. The predicted octanol–water partition coefficient (Wildman–Crippen LogP) is 3.93. The van der Waals surface area contributed by atoms with E-state index in [1.807, 2.05) is 0 Å².